The summed E-state index contributed by atoms with van der Waals surface area (Å²) in [6, 6.07) is 8.68. The van der Waals surface area contributed by atoms with Crippen molar-refractivity contribution >= 4 is 0 Å². The van der Waals surface area contributed by atoms with Gasteiger partial charge < -0.3 is 5.32 Å². The zero-order valence-electron chi connectivity index (χ0n) is 8.46. The van der Waals surface area contributed by atoms with Crippen LogP contribution in [-0.2, 0) is 0 Å². The Labute approximate surface area is 84.3 Å². The van der Waals surface area contributed by atoms with Crippen LogP contribution >= 0.6 is 0 Å². The molecule has 0 amide bonds. The number of aryl methyl sites for hydroxylation is 1. The van der Waals surface area contributed by atoms with Crippen LogP contribution in [0.2, 0.25) is 0 Å². The van der Waals surface area contributed by atoms with Crippen LogP contribution in [0.4, 0.5) is 4.39 Å². The van der Waals surface area contributed by atoms with Gasteiger partial charge in [0.2, 0.25) is 0 Å². The molecule has 0 radical (unpaired) electrons. The van der Waals surface area contributed by atoms with E-state index in [0.29, 0.717) is 19.0 Å². The summed E-state index contributed by atoms with van der Waals surface area (Å²) in [6.07, 6.45) is 0.938. The summed E-state index contributed by atoms with van der Waals surface area (Å²) >= 11 is 0. The van der Waals surface area contributed by atoms with Crippen molar-refractivity contribution in [2.24, 2.45) is 0 Å². The molecule has 76 valence electrons. The summed E-state index contributed by atoms with van der Waals surface area (Å²) in [7, 11) is 0. The molecule has 14 heavy (non-hydrogen) atoms. The van der Waals surface area contributed by atoms with Crippen molar-refractivity contribution in [3.05, 3.63) is 35.4 Å². The highest BCUT2D eigenvalue weighted by Crippen LogP contribution is 2.26. The molecule has 0 spiro atoms. The van der Waals surface area contributed by atoms with E-state index in [0.717, 1.165) is 6.42 Å². The molecule has 0 bridgehead atoms. The Balaban J connectivity index is 2.12. The molecule has 1 aromatic carbocycles. The summed E-state index contributed by atoms with van der Waals surface area (Å²) in [5, 5.41) is 3.25. The second-order valence-electron chi connectivity index (χ2n) is 3.99. The minimum atomic E-state index is -0.657. The number of halogens is 1. The van der Waals surface area contributed by atoms with Gasteiger partial charge in [0.1, 0.15) is 6.17 Å². The second-order valence-corrected chi connectivity index (χ2v) is 3.99. The molecule has 1 aliphatic heterocycles. The Morgan fingerprint density at radius 2 is 2.07 bits per heavy atom. The van der Waals surface area contributed by atoms with Crippen LogP contribution in [0.25, 0.3) is 0 Å². The van der Waals surface area contributed by atoms with E-state index in [-0.39, 0.29) is 0 Å². The van der Waals surface area contributed by atoms with Gasteiger partial charge in [-0.15, -0.1) is 0 Å². The lowest BCUT2D eigenvalue weighted by molar-refractivity contribution is 0.234. The molecule has 1 N–H and O–H groups in total. The normalized spacial score (nSPS) is 27.6. The van der Waals surface area contributed by atoms with Gasteiger partial charge in [-0.1, -0.05) is 24.3 Å². The number of rotatable bonds is 1. The molecular formula is C12H16FN. The fourth-order valence-electron chi connectivity index (χ4n) is 2.06. The number of piperidine rings is 1. The standard InChI is InChI=1S/C12H16FN/c1-9-4-2-3-5-11(9)12-7-6-10(13)8-14-12/h2-5,10,12,14H,6-8H2,1H3. The maximum atomic E-state index is 12.9. The van der Waals surface area contributed by atoms with E-state index in [2.05, 4.69) is 24.4 Å². The lowest BCUT2D eigenvalue weighted by Crippen LogP contribution is -2.34. The van der Waals surface area contributed by atoms with Crippen LogP contribution in [-0.4, -0.2) is 12.7 Å². The molecule has 1 heterocycles. The van der Waals surface area contributed by atoms with Gasteiger partial charge >= 0.3 is 0 Å². The first-order chi connectivity index (χ1) is 6.77. The van der Waals surface area contributed by atoms with Crippen molar-refractivity contribution in [1.29, 1.82) is 0 Å². The van der Waals surface area contributed by atoms with E-state index >= 15 is 0 Å². The van der Waals surface area contributed by atoms with Gasteiger partial charge in [0.05, 0.1) is 0 Å². The van der Waals surface area contributed by atoms with Crippen LogP contribution in [0.3, 0.4) is 0 Å². The number of hydrogen-bond acceptors (Lipinski definition) is 1. The third-order valence-corrected chi connectivity index (χ3v) is 2.92. The molecule has 2 heteroatoms. The van der Waals surface area contributed by atoms with Crippen molar-refractivity contribution in [3.63, 3.8) is 0 Å². The van der Waals surface area contributed by atoms with Crippen LogP contribution in [0.5, 0.6) is 0 Å². The summed E-state index contributed by atoms with van der Waals surface area (Å²) in [5.74, 6) is 0. The van der Waals surface area contributed by atoms with Gasteiger partial charge in [-0.3, -0.25) is 0 Å². The minimum Gasteiger partial charge on any atom is -0.307 e. The van der Waals surface area contributed by atoms with Crippen LogP contribution < -0.4 is 5.32 Å². The topological polar surface area (TPSA) is 12.0 Å². The SMILES string of the molecule is Cc1ccccc1C1CCC(F)CN1. The van der Waals surface area contributed by atoms with Gasteiger partial charge in [0.25, 0.3) is 0 Å². The van der Waals surface area contributed by atoms with Crippen LogP contribution in [0.15, 0.2) is 24.3 Å². The Hall–Kier alpha value is -0.890. The Morgan fingerprint density at radius 3 is 2.71 bits per heavy atom. The first kappa shape index (κ1) is 9.66. The van der Waals surface area contributed by atoms with E-state index < -0.39 is 6.17 Å². The van der Waals surface area contributed by atoms with E-state index in [4.69, 9.17) is 0 Å². The molecule has 1 nitrogen and oxygen atoms in total. The van der Waals surface area contributed by atoms with Crippen molar-refractivity contribution in [3.8, 4) is 0 Å². The fourth-order valence-corrected chi connectivity index (χ4v) is 2.06. The average Bonchev–Trinajstić information content (AvgIpc) is 2.20. The van der Waals surface area contributed by atoms with Crippen LogP contribution in [0.1, 0.15) is 30.0 Å². The van der Waals surface area contributed by atoms with Gasteiger partial charge in [-0.05, 0) is 30.9 Å². The summed E-state index contributed by atoms with van der Waals surface area (Å²) in [5.41, 5.74) is 2.61. The number of alkyl halides is 1. The molecule has 1 aliphatic rings. The summed E-state index contributed by atoms with van der Waals surface area (Å²) < 4.78 is 12.9. The Bertz CT molecular complexity index is 303. The lowest BCUT2D eigenvalue weighted by Gasteiger charge is -2.27. The second kappa shape index (κ2) is 4.09. The molecule has 1 saturated heterocycles. The predicted molar refractivity (Wildman–Crippen MR) is 56.1 cm³/mol. The zero-order chi connectivity index (χ0) is 9.97. The maximum absolute atomic E-state index is 12.9. The number of nitrogens with one attached hydrogen (secondary N) is 1. The summed E-state index contributed by atoms with van der Waals surface area (Å²) in [4.78, 5) is 0. The van der Waals surface area contributed by atoms with E-state index in [1.165, 1.54) is 11.1 Å². The molecular weight excluding hydrogens is 177 g/mol. The molecule has 2 rings (SSSR count). The number of hydrogen-bond donors (Lipinski definition) is 1. The highest BCUT2D eigenvalue weighted by atomic mass is 19.1. The first-order valence-corrected chi connectivity index (χ1v) is 5.20. The quantitative estimate of drug-likeness (QED) is 0.723. The van der Waals surface area contributed by atoms with Crippen molar-refractivity contribution in [1.82, 2.24) is 5.32 Å². The molecule has 2 atom stereocenters. The molecule has 0 aliphatic carbocycles. The van der Waals surface area contributed by atoms with Crippen molar-refractivity contribution < 1.29 is 4.39 Å². The Kier molecular flexibility index (Phi) is 2.82. The molecule has 2 unspecified atom stereocenters. The van der Waals surface area contributed by atoms with Gasteiger partial charge in [-0.25, -0.2) is 4.39 Å². The first-order valence-electron chi connectivity index (χ1n) is 5.20. The largest absolute Gasteiger partial charge is 0.307 e. The van der Waals surface area contributed by atoms with Crippen molar-refractivity contribution in [2.45, 2.75) is 32.0 Å². The average molecular weight is 193 g/mol. The van der Waals surface area contributed by atoms with Crippen molar-refractivity contribution in [2.75, 3.05) is 6.54 Å². The molecule has 1 fully saturated rings. The molecule has 1 aromatic rings. The van der Waals surface area contributed by atoms with Gasteiger partial charge in [0.15, 0.2) is 0 Å². The van der Waals surface area contributed by atoms with Crippen LogP contribution in [0, 0.1) is 6.92 Å². The third kappa shape index (κ3) is 1.95. The monoisotopic (exact) mass is 193 g/mol. The van der Waals surface area contributed by atoms with E-state index in [1.807, 2.05) is 12.1 Å². The van der Waals surface area contributed by atoms with Gasteiger partial charge in [-0.2, -0.15) is 0 Å². The Morgan fingerprint density at radius 1 is 1.29 bits per heavy atom. The van der Waals surface area contributed by atoms with E-state index in [1.54, 1.807) is 0 Å². The predicted octanol–water partition coefficient (Wildman–Crippen LogP) is 2.76. The molecule has 0 aromatic heterocycles. The smallest absolute Gasteiger partial charge is 0.113 e. The number of benzene rings is 1. The molecule has 0 saturated carbocycles. The minimum absolute atomic E-state index is 0.350. The zero-order valence-corrected chi connectivity index (χ0v) is 8.46. The third-order valence-electron chi connectivity index (χ3n) is 2.92. The maximum Gasteiger partial charge on any atom is 0.113 e. The fraction of sp³-hybridized carbons (Fsp3) is 0.500. The highest BCUT2D eigenvalue weighted by Gasteiger charge is 2.21. The van der Waals surface area contributed by atoms with E-state index in [9.17, 15) is 4.39 Å². The highest BCUT2D eigenvalue weighted by molar-refractivity contribution is 5.29. The van der Waals surface area contributed by atoms with Gasteiger partial charge in [0, 0.05) is 12.6 Å². The lowest BCUT2D eigenvalue weighted by atomic mass is 9.94. The summed E-state index contributed by atoms with van der Waals surface area (Å²) in [6.45, 7) is 2.61.